The Labute approximate surface area is 135 Å². The molecule has 3 N–H and O–H groups in total. The van der Waals surface area contributed by atoms with Gasteiger partial charge in [-0.1, -0.05) is 33.1 Å². The van der Waals surface area contributed by atoms with Crippen molar-refractivity contribution in [1.29, 1.82) is 0 Å². The first-order valence-corrected chi connectivity index (χ1v) is 8.93. The van der Waals surface area contributed by atoms with Crippen molar-refractivity contribution in [3.05, 3.63) is 0 Å². The maximum atomic E-state index is 12.0. The Kier molecular flexibility index (Phi) is 9.67. The molecule has 0 bridgehead atoms. The van der Waals surface area contributed by atoms with E-state index in [1.54, 1.807) is 0 Å². The maximum absolute atomic E-state index is 12.0. The van der Waals surface area contributed by atoms with Crippen molar-refractivity contribution in [1.82, 2.24) is 16.0 Å². The molecule has 1 saturated carbocycles. The number of hydrogen-bond acceptors (Lipinski definition) is 2. The average Bonchev–Trinajstić information content (AvgIpc) is 2.49. The number of guanidine groups is 1. The fourth-order valence-electron chi connectivity index (χ4n) is 2.73. The highest BCUT2D eigenvalue weighted by Crippen LogP contribution is 2.17. The van der Waals surface area contributed by atoms with Gasteiger partial charge in [0.15, 0.2) is 5.96 Å². The summed E-state index contributed by atoms with van der Waals surface area (Å²) in [5.74, 6) is 1.50. The van der Waals surface area contributed by atoms with Crippen LogP contribution >= 0.6 is 0 Å². The number of nitrogens with zero attached hydrogens (tertiary/aromatic N) is 1. The lowest BCUT2D eigenvalue weighted by atomic mass is 9.95. The molecule has 1 rings (SSSR count). The topological polar surface area (TPSA) is 65.5 Å². The van der Waals surface area contributed by atoms with Gasteiger partial charge in [0.1, 0.15) is 6.54 Å². The molecule has 22 heavy (non-hydrogen) atoms. The summed E-state index contributed by atoms with van der Waals surface area (Å²) in [6, 6.07) is 0.359. The third-order valence-corrected chi connectivity index (χ3v) is 3.95. The van der Waals surface area contributed by atoms with E-state index in [1.165, 1.54) is 25.7 Å². The summed E-state index contributed by atoms with van der Waals surface area (Å²) < 4.78 is 0. The molecular formula is C17H34N4O. The summed E-state index contributed by atoms with van der Waals surface area (Å²) in [5, 5.41) is 9.58. The maximum Gasteiger partial charge on any atom is 0.242 e. The smallest absolute Gasteiger partial charge is 0.242 e. The molecule has 1 aliphatic carbocycles. The van der Waals surface area contributed by atoms with Gasteiger partial charge in [-0.25, -0.2) is 4.99 Å². The zero-order valence-electron chi connectivity index (χ0n) is 14.6. The lowest BCUT2D eigenvalue weighted by Crippen LogP contribution is -2.40. The summed E-state index contributed by atoms with van der Waals surface area (Å²) in [6.45, 7) is 8.40. The van der Waals surface area contributed by atoms with Crippen molar-refractivity contribution >= 4 is 11.9 Å². The standard InChI is InChI=1S/C17H34N4O/c1-4-18-17(19-12-8-9-14(2)3)20-13-16(22)21-15-10-6-5-7-11-15/h14-15H,4-13H2,1-3H3,(H,21,22)(H2,18,19,20). The van der Waals surface area contributed by atoms with E-state index in [9.17, 15) is 4.79 Å². The molecule has 0 aromatic heterocycles. The molecular weight excluding hydrogens is 276 g/mol. The third-order valence-electron chi connectivity index (χ3n) is 3.95. The second-order valence-electron chi connectivity index (χ2n) is 6.56. The number of carbonyl (C=O) groups excluding carboxylic acids is 1. The Morgan fingerprint density at radius 2 is 1.91 bits per heavy atom. The molecule has 1 aliphatic rings. The Balaban J connectivity index is 2.28. The molecule has 1 amide bonds. The molecule has 5 nitrogen and oxygen atoms in total. The molecule has 0 saturated heterocycles. The van der Waals surface area contributed by atoms with Crippen LogP contribution in [0.25, 0.3) is 0 Å². The van der Waals surface area contributed by atoms with E-state index >= 15 is 0 Å². The average molecular weight is 310 g/mol. The van der Waals surface area contributed by atoms with E-state index in [-0.39, 0.29) is 12.5 Å². The van der Waals surface area contributed by atoms with Crippen LogP contribution < -0.4 is 16.0 Å². The van der Waals surface area contributed by atoms with E-state index in [0.717, 1.165) is 44.2 Å². The third kappa shape index (κ3) is 8.90. The van der Waals surface area contributed by atoms with Gasteiger partial charge in [-0.2, -0.15) is 0 Å². The van der Waals surface area contributed by atoms with Gasteiger partial charge in [-0.3, -0.25) is 4.79 Å². The minimum absolute atomic E-state index is 0.0336. The lowest BCUT2D eigenvalue weighted by Gasteiger charge is -2.22. The van der Waals surface area contributed by atoms with Crippen LogP contribution in [0.1, 0.15) is 65.7 Å². The first-order valence-electron chi connectivity index (χ1n) is 8.93. The molecule has 128 valence electrons. The predicted molar refractivity (Wildman–Crippen MR) is 93.1 cm³/mol. The molecule has 0 aromatic rings. The largest absolute Gasteiger partial charge is 0.357 e. The van der Waals surface area contributed by atoms with Gasteiger partial charge < -0.3 is 16.0 Å². The summed E-state index contributed by atoms with van der Waals surface area (Å²) in [4.78, 5) is 16.3. The fourth-order valence-corrected chi connectivity index (χ4v) is 2.73. The number of rotatable bonds is 8. The Bertz CT molecular complexity index is 336. The zero-order chi connectivity index (χ0) is 16.2. The fraction of sp³-hybridized carbons (Fsp3) is 0.882. The molecule has 5 heteroatoms. The normalized spacial score (nSPS) is 16.6. The summed E-state index contributed by atoms with van der Waals surface area (Å²) >= 11 is 0. The minimum Gasteiger partial charge on any atom is -0.357 e. The number of nitrogens with one attached hydrogen (secondary N) is 3. The van der Waals surface area contributed by atoms with Gasteiger partial charge in [0, 0.05) is 19.1 Å². The van der Waals surface area contributed by atoms with Gasteiger partial charge in [0.05, 0.1) is 0 Å². The van der Waals surface area contributed by atoms with Gasteiger partial charge in [-0.15, -0.1) is 0 Å². The molecule has 0 aromatic carbocycles. The van der Waals surface area contributed by atoms with Gasteiger partial charge in [0.2, 0.25) is 5.91 Å². The summed E-state index contributed by atoms with van der Waals surface area (Å²) in [6.07, 6.45) is 8.31. The van der Waals surface area contributed by atoms with Crippen molar-refractivity contribution < 1.29 is 4.79 Å². The van der Waals surface area contributed by atoms with Crippen LogP contribution in [0.2, 0.25) is 0 Å². The molecule has 0 spiro atoms. The van der Waals surface area contributed by atoms with Crippen LogP contribution in [0, 0.1) is 5.92 Å². The first kappa shape index (κ1) is 18.8. The van der Waals surface area contributed by atoms with Gasteiger partial charge >= 0.3 is 0 Å². The van der Waals surface area contributed by atoms with Gasteiger partial charge in [0.25, 0.3) is 0 Å². The van der Waals surface area contributed by atoms with Crippen molar-refractivity contribution in [3.63, 3.8) is 0 Å². The van der Waals surface area contributed by atoms with E-state index in [1.807, 2.05) is 6.92 Å². The lowest BCUT2D eigenvalue weighted by molar-refractivity contribution is -0.120. The van der Waals surface area contributed by atoms with Crippen LogP contribution in [0.15, 0.2) is 4.99 Å². The first-order chi connectivity index (χ1) is 10.6. The number of hydrogen-bond donors (Lipinski definition) is 3. The predicted octanol–water partition coefficient (Wildman–Crippen LogP) is 2.43. The number of amides is 1. The highest BCUT2D eigenvalue weighted by atomic mass is 16.1. The minimum atomic E-state index is 0.0336. The van der Waals surface area contributed by atoms with Crippen LogP contribution in [0.3, 0.4) is 0 Å². The number of carbonyl (C=O) groups is 1. The second-order valence-corrected chi connectivity index (χ2v) is 6.56. The van der Waals surface area contributed by atoms with E-state index in [2.05, 4.69) is 34.8 Å². The molecule has 1 fully saturated rings. The molecule has 0 radical (unpaired) electrons. The quantitative estimate of drug-likeness (QED) is 0.366. The number of aliphatic imine (C=N–C) groups is 1. The van der Waals surface area contributed by atoms with Crippen LogP contribution in [0.4, 0.5) is 0 Å². The SMILES string of the molecule is CCNC(=NCC(=O)NC1CCCCC1)NCCCC(C)C. The summed E-state index contributed by atoms with van der Waals surface area (Å²) in [5.41, 5.74) is 0. The van der Waals surface area contributed by atoms with Crippen molar-refractivity contribution in [3.8, 4) is 0 Å². The Hall–Kier alpha value is -1.26. The highest BCUT2D eigenvalue weighted by Gasteiger charge is 2.15. The molecule has 0 atom stereocenters. The van der Waals surface area contributed by atoms with E-state index < -0.39 is 0 Å². The van der Waals surface area contributed by atoms with Crippen LogP contribution in [-0.4, -0.2) is 37.5 Å². The monoisotopic (exact) mass is 310 g/mol. The van der Waals surface area contributed by atoms with Crippen LogP contribution in [0.5, 0.6) is 0 Å². The Morgan fingerprint density at radius 3 is 2.55 bits per heavy atom. The van der Waals surface area contributed by atoms with Gasteiger partial charge in [-0.05, 0) is 38.5 Å². The van der Waals surface area contributed by atoms with Crippen molar-refractivity contribution in [2.75, 3.05) is 19.6 Å². The second kappa shape index (κ2) is 11.3. The zero-order valence-corrected chi connectivity index (χ0v) is 14.6. The molecule has 0 unspecified atom stereocenters. The molecule has 0 aliphatic heterocycles. The molecule has 0 heterocycles. The Morgan fingerprint density at radius 1 is 1.18 bits per heavy atom. The van der Waals surface area contributed by atoms with Crippen LogP contribution in [-0.2, 0) is 4.79 Å². The van der Waals surface area contributed by atoms with Crippen molar-refractivity contribution in [2.24, 2.45) is 10.9 Å². The summed E-state index contributed by atoms with van der Waals surface area (Å²) in [7, 11) is 0. The van der Waals surface area contributed by atoms with E-state index in [4.69, 9.17) is 0 Å². The van der Waals surface area contributed by atoms with Crippen molar-refractivity contribution in [2.45, 2.75) is 71.8 Å². The van der Waals surface area contributed by atoms with E-state index in [0.29, 0.717) is 6.04 Å². The highest BCUT2D eigenvalue weighted by molar-refractivity contribution is 5.84.